The molecule has 0 saturated heterocycles. The third-order valence-corrected chi connectivity index (χ3v) is 5.38. The van der Waals surface area contributed by atoms with Crippen molar-refractivity contribution in [3.63, 3.8) is 0 Å². The van der Waals surface area contributed by atoms with Gasteiger partial charge >= 0.3 is 0 Å². The lowest BCUT2D eigenvalue weighted by Crippen LogP contribution is -2.32. The molecule has 2 amide bonds. The minimum atomic E-state index is -0.488. The number of carbonyl (C=O) groups is 2. The third kappa shape index (κ3) is 5.22. The van der Waals surface area contributed by atoms with Crippen LogP contribution in [-0.2, 0) is 4.79 Å². The summed E-state index contributed by atoms with van der Waals surface area (Å²) in [5.41, 5.74) is 4.17. The summed E-state index contributed by atoms with van der Waals surface area (Å²) in [6, 6.07) is 14.5. The number of hydrazone groups is 1. The molecule has 0 unspecified atom stereocenters. The van der Waals surface area contributed by atoms with Crippen molar-refractivity contribution in [3.8, 4) is 0 Å². The second kappa shape index (κ2) is 9.07. The van der Waals surface area contributed by atoms with Crippen LogP contribution in [0.1, 0.15) is 25.7 Å². The van der Waals surface area contributed by atoms with Crippen LogP contribution >= 0.6 is 22.7 Å². The summed E-state index contributed by atoms with van der Waals surface area (Å²) in [5, 5.41) is 10.5. The van der Waals surface area contributed by atoms with E-state index in [1.807, 2.05) is 41.9 Å². The summed E-state index contributed by atoms with van der Waals surface area (Å²) < 4.78 is 0. The van der Waals surface area contributed by atoms with Gasteiger partial charge in [-0.15, -0.1) is 22.7 Å². The van der Waals surface area contributed by atoms with E-state index in [4.69, 9.17) is 0 Å². The summed E-state index contributed by atoms with van der Waals surface area (Å²) in [6.45, 7) is 1.97. The molecule has 0 aliphatic heterocycles. The predicted octanol–water partition coefficient (Wildman–Crippen LogP) is 4.04. The first kappa shape index (κ1) is 18.8. The molecular weight excluding hydrogens is 378 g/mol. The van der Waals surface area contributed by atoms with Gasteiger partial charge in [-0.2, -0.15) is 5.10 Å². The fraction of sp³-hybridized carbons (Fsp3) is 0.0500. The summed E-state index contributed by atoms with van der Waals surface area (Å²) in [7, 11) is 0. The minimum absolute atomic E-state index is 0.131. The minimum Gasteiger partial charge on any atom is -0.317 e. The fourth-order valence-electron chi connectivity index (χ4n) is 2.18. The third-order valence-electron chi connectivity index (χ3n) is 3.61. The lowest BCUT2D eigenvalue weighted by atomic mass is 10.2. The summed E-state index contributed by atoms with van der Waals surface area (Å²) in [5.74, 6) is -0.843. The number of hydrogen-bond acceptors (Lipinski definition) is 5. The average molecular weight is 396 g/mol. The Labute approximate surface area is 165 Å². The summed E-state index contributed by atoms with van der Waals surface area (Å²) in [4.78, 5) is 26.8. The summed E-state index contributed by atoms with van der Waals surface area (Å²) >= 11 is 3.01. The normalized spacial score (nSPS) is 11.5. The number of nitrogens with zero attached hydrogens (tertiary/aromatic N) is 1. The number of rotatable bonds is 6. The first-order valence-electron chi connectivity index (χ1n) is 8.12. The van der Waals surface area contributed by atoms with E-state index in [1.165, 1.54) is 22.7 Å². The number of thiophene rings is 2. The van der Waals surface area contributed by atoms with Gasteiger partial charge in [-0.1, -0.05) is 24.3 Å². The van der Waals surface area contributed by atoms with Crippen LogP contribution in [0.2, 0.25) is 0 Å². The number of benzene rings is 1. The number of carbonyl (C=O) groups excluding carboxylic acids is 2. The molecule has 3 rings (SSSR count). The lowest BCUT2D eigenvalue weighted by molar-refractivity contribution is -0.117. The van der Waals surface area contributed by atoms with Gasteiger partial charge < -0.3 is 5.32 Å². The average Bonchev–Trinajstić information content (AvgIpc) is 3.34. The SMILES string of the molecule is Cc1ccsc1/C=N\NC(=O)/C(=C/c1cccs1)NC(=O)c1ccccc1. The quantitative estimate of drug-likeness (QED) is 0.376. The van der Waals surface area contributed by atoms with Crippen LogP contribution < -0.4 is 10.7 Å². The molecule has 5 nitrogen and oxygen atoms in total. The van der Waals surface area contributed by atoms with Gasteiger partial charge in [-0.25, -0.2) is 5.43 Å². The monoisotopic (exact) mass is 395 g/mol. The zero-order chi connectivity index (χ0) is 19.1. The van der Waals surface area contributed by atoms with Crippen LogP contribution in [-0.4, -0.2) is 18.0 Å². The maximum absolute atomic E-state index is 12.5. The molecule has 0 aliphatic rings. The Morgan fingerprint density at radius 1 is 1.00 bits per heavy atom. The van der Waals surface area contributed by atoms with E-state index >= 15 is 0 Å². The highest BCUT2D eigenvalue weighted by Gasteiger charge is 2.14. The maximum atomic E-state index is 12.5. The molecule has 3 aromatic rings. The van der Waals surface area contributed by atoms with Gasteiger partial charge in [0.2, 0.25) is 0 Å². The summed E-state index contributed by atoms with van der Waals surface area (Å²) in [6.07, 6.45) is 3.23. The largest absolute Gasteiger partial charge is 0.317 e. The van der Waals surface area contributed by atoms with E-state index in [2.05, 4.69) is 15.8 Å². The molecule has 0 atom stereocenters. The molecule has 0 aliphatic carbocycles. The molecule has 2 heterocycles. The van der Waals surface area contributed by atoms with Crippen LogP contribution in [0.3, 0.4) is 0 Å². The molecule has 0 bridgehead atoms. The highest BCUT2D eigenvalue weighted by molar-refractivity contribution is 7.12. The Morgan fingerprint density at radius 2 is 1.81 bits per heavy atom. The smallest absolute Gasteiger partial charge is 0.287 e. The van der Waals surface area contributed by atoms with E-state index < -0.39 is 5.91 Å². The molecule has 27 heavy (non-hydrogen) atoms. The molecule has 0 radical (unpaired) electrons. The van der Waals surface area contributed by atoms with Crippen molar-refractivity contribution in [2.75, 3.05) is 0 Å². The van der Waals surface area contributed by atoms with Crippen LogP contribution in [0.15, 0.2) is 70.1 Å². The Bertz CT molecular complexity index is 974. The van der Waals surface area contributed by atoms with E-state index in [-0.39, 0.29) is 11.6 Å². The first-order valence-corrected chi connectivity index (χ1v) is 9.88. The number of hydrogen-bond donors (Lipinski definition) is 2. The van der Waals surface area contributed by atoms with Gasteiger partial charge in [0.15, 0.2) is 0 Å². The van der Waals surface area contributed by atoms with Crippen molar-refractivity contribution in [1.82, 2.24) is 10.7 Å². The zero-order valence-corrected chi connectivity index (χ0v) is 16.1. The topological polar surface area (TPSA) is 70.6 Å². The van der Waals surface area contributed by atoms with Crippen molar-refractivity contribution in [2.24, 2.45) is 5.10 Å². The Balaban J connectivity index is 1.75. The molecule has 2 aromatic heterocycles. The lowest BCUT2D eigenvalue weighted by Gasteiger charge is -2.08. The zero-order valence-electron chi connectivity index (χ0n) is 14.5. The van der Waals surface area contributed by atoms with E-state index in [0.717, 1.165) is 15.3 Å². The van der Waals surface area contributed by atoms with Crippen molar-refractivity contribution < 1.29 is 9.59 Å². The van der Waals surface area contributed by atoms with Gasteiger partial charge in [0.25, 0.3) is 11.8 Å². The molecule has 0 saturated carbocycles. The highest BCUT2D eigenvalue weighted by atomic mass is 32.1. The van der Waals surface area contributed by atoms with Crippen molar-refractivity contribution in [3.05, 3.63) is 85.9 Å². The van der Waals surface area contributed by atoms with Gasteiger partial charge in [0.05, 0.1) is 6.21 Å². The maximum Gasteiger partial charge on any atom is 0.287 e. The highest BCUT2D eigenvalue weighted by Crippen LogP contribution is 2.14. The Kier molecular flexibility index (Phi) is 6.30. The van der Waals surface area contributed by atoms with Crippen LogP contribution in [0.4, 0.5) is 0 Å². The van der Waals surface area contributed by atoms with Crippen molar-refractivity contribution >= 4 is 46.8 Å². The number of nitrogens with one attached hydrogen (secondary N) is 2. The van der Waals surface area contributed by atoms with Crippen molar-refractivity contribution in [1.29, 1.82) is 0 Å². The Hall–Kier alpha value is -3.03. The van der Waals surface area contributed by atoms with Gasteiger partial charge in [0, 0.05) is 15.3 Å². The Morgan fingerprint density at radius 3 is 2.48 bits per heavy atom. The molecular formula is C20H17N3O2S2. The second-order valence-electron chi connectivity index (χ2n) is 5.56. The van der Waals surface area contributed by atoms with E-state index in [1.54, 1.807) is 36.6 Å². The van der Waals surface area contributed by atoms with Crippen LogP contribution in [0, 0.1) is 6.92 Å². The first-order chi connectivity index (χ1) is 13.1. The standard InChI is InChI=1S/C20H17N3O2S2/c1-14-9-11-27-18(14)13-21-23-20(25)17(12-16-8-5-10-26-16)22-19(24)15-6-3-2-4-7-15/h2-13H,1H3,(H,22,24)(H,23,25)/b17-12-,21-13-. The van der Waals surface area contributed by atoms with E-state index in [9.17, 15) is 9.59 Å². The second-order valence-corrected chi connectivity index (χ2v) is 7.49. The van der Waals surface area contributed by atoms with Gasteiger partial charge in [-0.05, 0) is 53.6 Å². The van der Waals surface area contributed by atoms with Gasteiger partial charge in [0.1, 0.15) is 5.70 Å². The predicted molar refractivity (Wildman–Crippen MR) is 111 cm³/mol. The van der Waals surface area contributed by atoms with E-state index in [0.29, 0.717) is 5.56 Å². The molecule has 7 heteroatoms. The number of amides is 2. The van der Waals surface area contributed by atoms with Gasteiger partial charge in [-0.3, -0.25) is 9.59 Å². The molecule has 0 fully saturated rings. The molecule has 2 N–H and O–H groups in total. The van der Waals surface area contributed by atoms with Crippen molar-refractivity contribution in [2.45, 2.75) is 6.92 Å². The molecule has 0 spiro atoms. The fourth-order valence-corrected chi connectivity index (χ4v) is 3.63. The number of aryl methyl sites for hydroxylation is 1. The van der Waals surface area contributed by atoms with Crippen LogP contribution in [0.5, 0.6) is 0 Å². The van der Waals surface area contributed by atoms with Crippen LogP contribution in [0.25, 0.3) is 6.08 Å². The molecule has 136 valence electrons. The molecule has 1 aromatic carbocycles.